The molecule has 3 rings (SSSR count). The molecule has 0 bridgehead atoms. The van der Waals surface area contributed by atoms with Crippen molar-refractivity contribution in [2.24, 2.45) is 0 Å². The molecule has 7 heteroatoms. The molecule has 0 radical (unpaired) electrons. The number of carbonyl (C=O) groups excluding carboxylic acids is 1. The maximum atomic E-state index is 13.0. The van der Waals surface area contributed by atoms with Crippen molar-refractivity contribution in [2.75, 3.05) is 13.2 Å². The van der Waals surface area contributed by atoms with Gasteiger partial charge < -0.3 is 10.1 Å². The van der Waals surface area contributed by atoms with Gasteiger partial charge in [-0.1, -0.05) is 0 Å². The van der Waals surface area contributed by atoms with Crippen LogP contribution in [0.3, 0.4) is 0 Å². The lowest BCUT2D eigenvalue weighted by molar-refractivity contribution is 0.0899. The van der Waals surface area contributed by atoms with Crippen LogP contribution in [-0.4, -0.2) is 39.9 Å². The Balaban J connectivity index is 1.62. The number of nitrogens with zero attached hydrogens (tertiary/aromatic N) is 3. The highest BCUT2D eigenvalue weighted by Gasteiger charge is 2.18. The predicted molar refractivity (Wildman–Crippen MR) is 82.0 cm³/mol. The van der Waals surface area contributed by atoms with E-state index in [0.717, 1.165) is 25.9 Å². The Kier molecular flexibility index (Phi) is 4.66. The minimum atomic E-state index is -0.321. The zero-order valence-electron chi connectivity index (χ0n) is 13.0. The molecule has 6 nitrogen and oxygen atoms in total. The largest absolute Gasteiger partial charge is 0.378 e. The summed E-state index contributed by atoms with van der Waals surface area (Å²) in [6.45, 7) is 3.09. The molecule has 2 heterocycles. The third kappa shape index (κ3) is 3.73. The summed E-state index contributed by atoms with van der Waals surface area (Å²) in [6.07, 6.45) is 3.17. The number of hydrogen-bond donors (Lipinski definition) is 1. The predicted octanol–water partition coefficient (Wildman–Crippen LogP) is 2.01. The summed E-state index contributed by atoms with van der Waals surface area (Å²) in [5.41, 5.74) is 0.662. The van der Waals surface area contributed by atoms with E-state index in [4.69, 9.17) is 4.74 Å². The van der Waals surface area contributed by atoms with Gasteiger partial charge >= 0.3 is 0 Å². The summed E-state index contributed by atoms with van der Waals surface area (Å²) >= 11 is 0. The first kappa shape index (κ1) is 15.6. The fraction of sp³-hybridized carbons (Fsp3) is 0.438. The number of benzene rings is 1. The van der Waals surface area contributed by atoms with E-state index in [2.05, 4.69) is 15.4 Å². The number of halogens is 1. The molecule has 122 valence electrons. The standard InChI is InChI=1S/C16H19FN4O2/c1-11-19-15(16(22)18-9-8-14-3-2-10-23-14)20-21(11)13-6-4-12(17)5-7-13/h4-7,14H,2-3,8-10H2,1H3,(H,18,22)/t14-/m0/s1. The molecule has 1 aliphatic rings. The summed E-state index contributed by atoms with van der Waals surface area (Å²) in [7, 11) is 0. The molecular weight excluding hydrogens is 299 g/mol. The van der Waals surface area contributed by atoms with Gasteiger partial charge in [0.1, 0.15) is 11.6 Å². The van der Waals surface area contributed by atoms with Gasteiger partial charge in [0.2, 0.25) is 5.82 Å². The van der Waals surface area contributed by atoms with E-state index in [1.807, 2.05) is 0 Å². The van der Waals surface area contributed by atoms with E-state index in [1.165, 1.54) is 16.8 Å². The zero-order valence-corrected chi connectivity index (χ0v) is 13.0. The molecule has 1 aromatic heterocycles. The normalized spacial score (nSPS) is 17.4. The second-order valence-corrected chi connectivity index (χ2v) is 5.55. The number of carbonyl (C=O) groups is 1. The van der Waals surface area contributed by atoms with Crippen molar-refractivity contribution in [3.05, 3.63) is 41.7 Å². The molecule has 0 unspecified atom stereocenters. The SMILES string of the molecule is Cc1nc(C(=O)NCC[C@@H]2CCCO2)nn1-c1ccc(F)cc1. The van der Waals surface area contributed by atoms with E-state index in [1.54, 1.807) is 19.1 Å². The number of ether oxygens (including phenoxy) is 1. The minimum Gasteiger partial charge on any atom is -0.378 e. The van der Waals surface area contributed by atoms with Crippen LogP contribution in [-0.2, 0) is 4.74 Å². The number of hydrogen-bond acceptors (Lipinski definition) is 4. The van der Waals surface area contributed by atoms with E-state index in [-0.39, 0.29) is 23.7 Å². The molecule has 1 aromatic carbocycles. The van der Waals surface area contributed by atoms with Gasteiger partial charge in [0.15, 0.2) is 0 Å². The van der Waals surface area contributed by atoms with Crippen molar-refractivity contribution < 1.29 is 13.9 Å². The van der Waals surface area contributed by atoms with Crippen molar-refractivity contribution in [3.8, 4) is 5.69 Å². The number of rotatable bonds is 5. The van der Waals surface area contributed by atoms with E-state index in [0.29, 0.717) is 18.1 Å². The maximum absolute atomic E-state index is 13.0. The van der Waals surface area contributed by atoms with Crippen LogP contribution in [0.25, 0.3) is 5.69 Å². The third-order valence-corrected chi connectivity index (χ3v) is 3.82. The Hall–Kier alpha value is -2.28. The van der Waals surface area contributed by atoms with Crippen LogP contribution in [0.1, 0.15) is 35.7 Å². The number of aromatic nitrogens is 3. The molecule has 1 fully saturated rings. The Morgan fingerprint density at radius 3 is 2.91 bits per heavy atom. The van der Waals surface area contributed by atoms with Crippen molar-refractivity contribution in [1.29, 1.82) is 0 Å². The quantitative estimate of drug-likeness (QED) is 0.915. The van der Waals surface area contributed by atoms with Gasteiger partial charge in [-0.15, -0.1) is 5.10 Å². The summed E-state index contributed by atoms with van der Waals surface area (Å²) in [5, 5.41) is 7.01. The number of nitrogens with one attached hydrogen (secondary N) is 1. The van der Waals surface area contributed by atoms with E-state index in [9.17, 15) is 9.18 Å². The molecule has 1 amide bonds. The van der Waals surface area contributed by atoms with Crippen LogP contribution in [0.5, 0.6) is 0 Å². The molecule has 1 N–H and O–H groups in total. The molecule has 0 saturated carbocycles. The number of amides is 1. The lowest BCUT2D eigenvalue weighted by atomic mass is 10.2. The monoisotopic (exact) mass is 318 g/mol. The van der Waals surface area contributed by atoms with Gasteiger partial charge in [-0.3, -0.25) is 4.79 Å². The smallest absolute Gasteiger partial charge is 0.290 e. The second kappa shape index (κ2) is 6.87. The van der Waals surface area contributed by atoms with Crippen molar-refractivity contribution >= 4 is 5.91 Å². The first-order chi connectivity index (χ1) is 11.1. The highest BCUT2D eigenvalue weighted by Crippen LogP contribution is 2.14. The topological polar surface area (TPSA) is 69.0 Å². The number of aryl methyl sites for hydroxylation is 1. The maximum Gasteiger partial charge on any atom is 0.290 e. The van der Waals surface area contributed by atoms with E-state index >= 15 is 0 Å². The fourth-order valence-corrected chi connectivity index (χ4v) is 2.61. The van der Waals surface area contributed by atoms with Gasteiger partial charge in [0.05, 0.1) is 11.8 Å². The van der Waals surface area contributed by atoms with Crippen LogP contribution in [0.15, 0.2) is 24.3 Å². The lowest BCUT2D eigenvalue weighted by Crippen LogP contribution is -2.28. The highest BCUT2D eigenvalue weighted by atomic mass is 19.1. The average Bonchev–Trinajstić information content (AvgIpc) is 3.18. The van der Waals surface area contributed by atoms with Crippen molar-refractivity contribution in [2.45, 2.75) is 32.3 Å². The summed E-state index contributed by atoms with van der Waals surface area (Å²) < 4.78 is 20.0. The van der Waals surface area contributed by atoms with E-state index < -0.39 is 0 Å². The molecule has 1 atom stereocenters. The minimum absolute atomic E-state index is 0.110. The fourth-order valence-electron chi connectivity index (χ4n) is 2.61. The second-order valence-electron chi connectivity index (χ2n) is 5.55. The molecule has 23 heavy (non-hydrogen) atoms. The van der Waals surface area contributed by atoms with Gasteiger partial charge in [-0.25, -0.2) is 14.1 Å². The lowest BCUT2D eigenvalue weighted by Gasteiger charge is -2.08. The van der Waals surface area contributed by atoms with Crippen LogP contribution in [0, 0.1) is 12.7 Å². The Morgan fingerprint density at radius 2 is 2.22 bits per heavy atom. The van der Waals surface area contributed by atoms with Crippen LogP contribution in [0.4, 0.5) is 4.39 Å². The first-order valence-corrected chi connectivity index (χ1v) is 7.73. The van der Waals surface area contributed by atoms with Crippen LogP contribution in [0.2, 0.25) is 0 Å². The molecular formula is C16H19FN4O2. The first-order valence-electron chi connectivity index (χ1n) is 7.73. The summed E-state index contributed by atoms with van der Waals surface area (Å²) in [5.74, 6) is 0.0469. The van der Waals surface area contributed by atoms with Crippen molar-refractivity contribution in [1.82, 2.24) is 20.1 Å². The van der Waals surface area contributed by atoms with Crippen molar-refractivity contribution in [3.63, 3.8) is 0 Å². The highest BCUT2D eigenvalue weighted by molar-refractivity contribution is 5.90. The molecule has 0 aliphatic carbocycles. The summed E-state index contributed by atoms with van der Waals surface area (Å²) in [6, 6.07) is 5.88. The molecule has 1 aliphatic heterocycles. The van der Waals surface area contributed by atoms with Gasteiger partial charge in [-0.2, -0.15) is 0 Å². The van der Waals surface area contributed by atoms with Gasteiger partial charge in [-0.05, 0) is 50.5 Å². The molecule has 0 spiro atoms. The van der Waals surface area contributed by atoms with Crippen LogP contribution >= 0.6 is 0 Å². The third-order valence-electron chi connectivity index (χ3n) is 3.82. The average molecular weight is 318 g/mol. The Morgan fingerprint density at radius 1 is 1.43 bits per heavy atom. The van der Waals surface area contributed by atoms with Gasteiger partial charge in [0.25, 0.3) is 5.91 Å². The molecule has 1 saturated heterocycles. The van der Waals surface area contributed by atoms with Gasteiger partial charge in [0, 0.05) is 13.2 Å². The van der Waals surface area contributed by atoms with Crippen LogP contribution < -0.4 is 5.32 Å². The molecule has 2 aromatic rings. The Labute approximate surface area is 133 Å². The summed E-state index contributed by atoms with van der Waals surface area (Å²) in [4.78, 5) is 16.3. The zero-order chi connectivity index (χ0) is 16.2. The Bertz CT molecular complexity index is 678.